The van der Waals surface area contributed by atoms with Crippen molar-refractivity contribution in [2.24, 2.45) is 0 Å². The first kappa shape index (κ1) is 39.7. The normalized spacial score (nSPS) is 21.6. The zero-order valence-electron chi connectivity index (χ0n) is 31.6. The number of esters is 2. The molecule has 1 unspecified atom stereocenters. The minimum atomic E-state index is -1.48. The van der Waals surface area contributed by atoms with Crippen LogP contribution in [0.2, 0.25) is 0 Å². The lowest BCUT2D eigenvalue weighted by Crippen LogP contribution is -2.39. The van der Waals surface area contributed by atoms with Gasteiger partial charge >= 0.3 is 17.6 Å². The summed E-state index contributed by atoms with van der Waals surface area (Å²) in [6, 6.07) is 8.26. The molecule has 302 valence electrons. The van der Waals surface area contributed by atoms with Gasteiger partial charge in [-0.1, -0.05) is 44.9 Å². The molecule has 57 heavy (non-hydrogen) atoms. The summed E-state index contributed by atoms with van der Waals surface area (Å²) in [6.45, 7) is 1.88. The third-order valence-corrected chi connectivity index (χ3v) is 10.9. The number of carbonyl (C=O) groups is 3. The van der Waals surface area contributed by atoms with Crippen molar-refractivity contribution in [3.05, 3.63) is 103 Å². The number of aromatic nitrogens is 2. The zero-order valence-corrected chi connectivity index (χ0v) is 31.6. The Balaban J connectivity index is 0.772. The number of benzene rings is 2. The highest BCUT2D eigenvalue weighted by atomic mass is 19.1. The van der Waals surface area contributed by atoms with Gasteiger partial charge in [-0.05, 0) is 62.7 Å². The molecule has 0 bridgehead atoms. The highest BCUT2D eigenvalue weighted by Gasteiger charge is 2.57. The molecule has 3 aliphatic heterocycles. The van der Waals surface area contributed by atoms with Crippen molar-refractivity contribution in [2.45, 2.75) is 108 Å². The molecule has 1 aliphatic carbocycles. The van der Waals surface area contributed by atoms with Gasteiger partial charge in [-0.25, -0.2) is 14.0 Å². The first-order chi connectivity index (χ1) is 27.4. The fraction of sp³-hybridized carbons (Fsp3) is 0.452. The largest absolute Gasteiger partial charge is 0.508 e. The number of carbonyl (C=O) groups excluding carboxylic acids is 3. The minimum Gasteiger partial charge on any atom is -0.508 e. The molecule has 4 N–H and O–H groups in total. The molecule has 1 spiro atoms. The number of hydrogen-bond donors (Lipinski definition) is 4. The van der Waals surface area contributed by atoms with Gasteiger partial charge in [0, 0.05) is 53.4 Å². The second-order valence-electron chi connectivity index (χ2n) is 15.0. The molecule has 4 aliphatic rings. The van der Waals surface area contributed by atoms with Gasteiger partial charge in [-0.3, -0.25) is 23.9 Å². The molecule has 14 nitrogen and oxygen atoms in total. The van der Waals surface area contributed by atoms with Gasteiger partial charge in [0.1, 0.15) is 48.1 Å². The van der Waals surface area contributed by atoms with Crippen LogP contribution in [0.3, 0.4) is 0 Å². The summed E-state index contributed by atoms with van der Waals surface area (Å²) >= 11 is 0. The van der Waals surface area contributed by atoms with E-state index in [0.29, 0.717) is 35.2 Å². The first-order valence-corrected chi connectivity index (χ1v) is 19.5. The average molecular weight is 788 g/mol. The monoisotopic (exact) mass is 787 g/mol. The maximum absolute atomic E-state index is 14.6. The number of nitrogens with one attached hydrogen (secondary N) is 2. The first-order valence-electron chi connectivity index (χ1n) is 19.5. The number of aromatic hydroxyl groups is 2. The van der Waals surface area contributed by atoms with Gasteiger partial charge in [0.25, 0.3) is 5.56 Å². The number of ether oxygens (including phenoxy) is 4. The van der Waals surface area contributed by atoms with E-state index in [4.69, 9.17) is 18.9 Å². The maximum Gasteiger partial charge on any atom is 0.339 e. The summed E-state index contributed by atoms with van der Waals surface area (Å²) in [7, 11) is 0. The molecule has 15 heteroatoms. The topological polar surface area (TPSA) is 195 Å². The van der Waals surface area contributed by atoms with E-state index in [1.807, 2.05) is 0 Å². The molecule has 2 aromatic carbocycles. The smallest absolute Gasteiger partial charge is 0.339 e. The minimum absolute atomic E-state index is 0.0517. The van der Waals surface area contributed by atoms with Crippen molar-refractivity contribution in [1.82, 2.24) is 14.9 Å². The van der Waals surface area contributed by atoms with Crippen LogP contribution in [0.25, 0.3) is 0 Å². The summed E-state index contributed by atoms with van der Waals surface area (Å²) in [5.41, 5.74) is -0.775. The summed E-state index contributed by atoms with van der Waals surface area (Å²) in [5, 5.41) is 23.5. The van der Waals surface area contributed by atoms with Gasteiger partial charge in [-0.15, -0.1) is 0 Å². The number of rotatable bonds is 16. The van der Waals surface area contributed by atoms with Crippen LogP contribution in [0.5, 0.6) is 23.0 Å². The molecule has 3 aromatic rings. The number of unbranched alkanes of at least 4 members (excludes halogenated alkanes) is 8. The van der Waals surface area contributed by atoms with Crippen LogP contribution in [-0.4, -0.2) is 69.0 Å². The van der Waals surface area contributed by atoms with Gasteiger partial charge in [0.15, 0.2) is 11.4 Å². The Morgan fingerprint density at radius 3 is 2.25 bits per heavy atom. The van der Waals surface area contributed by atoms with Crippen LogP contribution in [0, 0.1) is 6.92 Å². The molecular weight excluding hydrogens is 741 g/mol. The lowest BCUT2D eigenvalue weighted by Gasteiger charge is -2.37. The molecule has 0 radical (unpaired) electrons. The molecule has 4 atom stereocenters. The number of ketones is 1. The Hall–Kier alpha value is -5.54. The van der Waals surface area contributed by atoms with Crippen LogP contribution in [0.1, 0.15) is 93.5 Å². The molecule has 0 amide bonds. The predicted octanol–water partition coefficient (Wildman–Crippen LogP) is 5.33. The van der Waals surface area contributed by atoms with Gasteiger partial charge < -0.3 is 34.5 Å². The molecular formula is C42H46FN3O11. The highest BCUT2D eigenvalue weighted by Crippen LogP contribution is 2.58. The summed E-state index contributed by atoms with van der Waals surface area (Å²) < 4.78 is 38.6. The molecule has 2 fully saturated rings. The third kappa shape index (κ3) is 8.30. The Bertz CT molecular complexity index is 2170. The van der Waals surface area contributed by atoms with E-state index in [1.54, 1.807) is 18.2 Å². The van der Waals surface area contributed by atoms with Crippen molar-refractivity contribution < 1.29 is 47.9 Å². The Morgan fingerprint density at radius 2 is 1.58 bits per heavy atom. The fourth-order valence-electron chi connectivity index (χ4n) is 7.91. The van der Waals surface area contributed by atoms with Crippen molar-refractivity contribution in [2.75, 3.05) is 13.2 Å². The standard InChI is InChI=1S/C42H46FN3O11/c1-24-22-46(41(53)45-39(24)51)37-21-31(43)36(56-37)23-54-38(50)11-9-7-5-3-2-4-6-8-10-16-44-32-19-27-30(20-33(32)49)42(57-40(27)52)28-14-12-25(47)17-34(28)55-35-18-26(48)13-15-29(35)42/h12-15,17-20,22,31-32,36-37,44,47-48H,2-11,16,21,23H2,1H3,(H,45,51,53)/t31-,32?,36+,37+/m0/s1. The second-order valence-corrected chi connectivity index (χ2v) is 15.0. The molecule has 2 saturated heterocycles. The van der Waals surface area contributed by atoms with Gasteiger partial charge in [-0.2, -0.15) is 0 Å². The van der Waals surface area contributed by atoms with E-state index in [9.17, 15) is 38.6 Å². The van der Waals surface area contributed by atoms with Crippen molar-refractivity contribution in [1.29, 1.82) is 0 Å². The van der Waals surface area contributed by atoms with Crippen LogP contribution < -0.4 is 21.3 Å². The van der Waals surface area contributed by atoms with Crippen LogP contribution >= 0.6 is 0 Å². The van der Waals surface area contributed by atoms with Gasteiger partial charge in [0.2, 0.25) is 0 Å². The number of hydrogen-bond acceptors (Lipinski definition) is 12. The number of H-pyrrole nitrogens is 1. The fourth-order valence-corrected chi connectivity index (χ4v) is 7.91. The van der Waals surface area contributed by atoms with Crippen molar-refractivity contribution >= 4 is 17.7 Å². The number of phenolic OH excluding ortho intramolecular Hbond substituents is 2. The maximum atomic E-state index is 14.6. The van der Waals surface area contributed by atoms with Crippen molar-refractivity contribution in [3.63, 3.8) is 0 Å². The number of phenols is 2. The van der Waals surface area contributed by atoms with Crippen LogP contribution in [-0.2, 0) is 34.2 Å². The van der Waals surface area contributed by atoms with Crippen LogP contribution in [0.15, 0.2) is 75.5 Å². The Morgan fingerprint density at radius 1 is 0.947 bits per heavy atom. The van der Waals surface area contributed by atoms with E-state index < -0.39 is 53.3 Å². The van der Waals surface area contributed by atoms with Gasteiger partial charge in [0.05, 0.1) is 11.6 Å². The molecule has 1 aromatic heterocycles. The Kier molecular flexibility index (Phi) is 11.8. The van der Waals surface area contributed by atoms with E-state index in [0.717, 1.165) is 55.9 Å². The van der Waals surface area contributed by atoms with E-state index >= 15 is 0 Å². The average Bonchev–Trinajstić information content (AvgIpc) is 3.67. The number of nitrogens with zero attached hydrogens (tertiary/aromatic N) is 1. The predicted molar refractivity (Wildman–Crippen MR) is 203 cm³/mol. The van der Waals surface area contributed by atoms with E-state index in [2.05, 4.69) is 10.3 Å². The number of alkyl halides is 1. The van der Waals surface area contributed by atoms with Crippen LogP contribution in [0.4, 0.5) is 4.39 Å². The highest BCUT2D eigenvalue weighted by molar-refractivity contribution is 6.09. The lowest BCUT2D eigenvalue weighted by molar-refractivity contribution is -0.149. The van der Waals surface area contributed by atoms with E-state index in [-0.39, 0.29) is 53.8 Å². The second kappa shape index (κ2) is 16.9. The summed E-state index contributed by atoms with van der Waals surface area (Å²) in [4.78, 5) is 64.9. The zero-order chi connectivity index (χ0) is 40.3. The quantitative estimate of drug-likeness (QED) is 0.108. The van der Waals surface area contributed by atoms with Crippen molar-refractivity contribution in [3.8, 4) is 23.0 Å². The molecule has 0 saturated carbocycles. The lowest BCUT2D eigenvalue weighted by atomic mass is 9.74. The number of halogens is 1. The molecule has 7 rings (SSSR count). The number of aromatic amines is 1. The van der Waals surface area contributed by atoms with E-state index in [1.165, 1.54) is 43.5 Å². The SMILES string of the molecule is Cc1cn([C@H]2C[C@H](F)[C@@H](COC(=O)CCCCCCCCCCCNC3C=C4C(=O)OC5(C4=CC3=O)c3ccc(O)cc3Oc3cc(O)ccc35)O2)c(=O)[nH]c1=O. The molecule has 4 heterocycles. The third-order valence-electron chi connectivity index (χ3n) is 10.9. The Labute approximate surface area is 327 Å². The summed E-state index contributed by atoms with van der Waals surface area (Å²) in [5.74, 6) is -0.827. The number of fused-ring (bicyclic) bond motifs is 6. The summed E-state index contributed by atoms with van der Waals surface area (Å²) in [6.07, 6.45) is 9.80. The number of aryl methyl sites for hydroxylation is 1.